The van der Waals surface area contributed by atoms with Crippen molar-refractivity contribution in [1.29, 1.82) is 0 Å². The van der Waals surface area contributed by atoms with Gasteiger partial charge in [-0.25, -0.2) is 4.79 Å². The molecule has 2 amide bonds. The van der Waals surface area contributed by atoms with E-state index in [2.05, 4.69) is 10.6 Å². The van der Waals surface area contributed by atoms with Gasteiger partial charge < -0.3 is 10.6 Å². The number of nitro groups is 1. The van der Waals surface area contributed by atoms with Gasteiger partial charge in [0.1, 0.15) is 0 Å². The Morgan fingerprint density at radius 1 is 0.955 bits per heavy atom. The van der Waals surface area contributed by atoms with Gasteiger partial charge in [-0.2, -0.15) is 0 Å². The lowest BCUT2D eigenvalue weighted by Crippen LogP contribution is -2.19. The van der Waals surface area contributed by atoms with E-state index in [4.69, 9.17) is 34.8 Å². The highest BCUT2D eigenvalue weighted by Gasteiger charge is 2.12. The van der Waals surface area contributed by atoms with E-state index in [0.717, 1.165) is 6.07 Å². The van der Waals surface area contributed by atoms with Gasteiger partial charge in [-0.1, -0.05) is 34.8 Å². The van der Waals surface area contributed by atoms with Crippen LogP contribution in [0.4, 0.5) is 21.9 Å². The first-order chi connectivity index (χ1) is 10.4. The standard InChI is InChI=1S/C13H8Cl3N3O3/c14-9-3-1-7(5-10(9)15)17-13(20)18-12-4-2-8(19(21)22)6-11(12)16/h1-6H,(H2,17,18,20). The van der Waals surface area contributed by atoms with Gasteiger partial charge in [0.15, 0.2) is 0 Å². The number of amides is 2. The molecule has 0 heterocycles. The molecule has 0 aliphatic heterocycles. The molecule has 2 rings (SSSR count). The zero-order valence-corrected chi connectivity index (χ0v) is 13.0. The Morgan fingerprint density at radius 2 is 1.68 bits per heavy atom. The molecule has 0 fully saturated rings. The molecule has 0 saturated carbocycles. The number of nitrogens with one attached hydrogen (secondary N) is 2. The fraction of sp³-hybridized carbons (Fsp3) is 0. The van der Waals surface area contributed by atoms with E-state index in [1.807, 2.05) is 0 Å². The third kappa shape index (κ3) is 4.00. The number of nitrogens with zero attached hydrogens (tertiary/aromatic N) is 1. The Labute approximate surface area is 140 Å². The lowest BCUT2D eigenvalue weighted by Gasteiger charge is -2.09. The number of hydrogen-bond donors (Lipinski definition) is 2. The Hall–Kier alpha value is -2.02. The summed E-state index contributed by atoms with van der Waals surface area (Å²) in [6.45, 7) is 0. The maximum absolute atomic E-state index is 11.9. The topological polar surface area (TPSA) is 84.3 Å². The Morgan fingerprint density at radius 3 is 2.27 bits per heavy atom. The summed E-state index contributed by atoms with van der Waals surface area (Å²) in [6, 6.07) is 7.75. The third-order valence-corrected chi connectivity index (χ3v) is 3.64. The molecule has 0 atom stereocenters. The van der Waals surface area contributed by atoms with Crippen LogP contribution in [0, 0.1) is 10.1 Å². The van der Waals surface area contributed by atoms with Crippen LogP contribution in [0.15, 0.2) is 36.4 Å². The summed E-state index contributed by atoms with van der Waals surface area (Å²) in [4.78, 5) is 21.9. The van der Waals surface area contributed by atoms with E-state index in [0.29, 0.717) is 15.7 Å². The van der Waals surface area contributed by atoms with Crippen LogP contribution in [0.2, 0.25) is 15.1 Å². The van der Waals surface area contributed by atoms with Gasteiger partial charge >= 0.3 is 6.03 Å². The summed E-state index contributed by atoms with van der Waals surface area (Å²) in [7, 11) is 0. The van der Waals surface area contributed by atoms with Crippen LogP contribution in [0.25, 0.3) is 0 Å². The molecule has 2 aromatic carbocycles. The minimum absolute atomic E-state index is 0.0542. The molecule has 0 bridgehead atoms. The normalized spacial score (nSPS) is 10.1. The first kappa shape index (κ1) is 16.4. The fourth-order valence-corrected chi connectivity index (χ4v) is 2.10. The molecular formula is C13H8Cl3N3O3. The van der Waals surface area contributed by atoms with Gasteiger partial charge in [-0.15, -0.1) is 0 Å². The SMILES string of the molecule is O=C(Nc1ccc(Cl)c(Cl)c1)Nc1ccc([N+](=O)[O-])cc1Cl. The lowest BCUT2D eigenvalue weighted by molar-refractivity contribution is -0.384. The maximum atomic E-state index is 11.9. The van der Waals surface area contributed by atoms with Gasteiger partial charge in [0.05, 0.1) is 25.7 Å². The van der Waals surface area contributed by atoms with E-state index >= 15 is 0 Å². The molecule has 0 saturated heterocycles. The summed E-state index contributed by atoms with van der Waals surface area (Å²) in [6.07, 6.45) is 0. The van der Waals surface area contributed by atoms with Crippen molar-refractivity contribution in [2.75, 3.05) is 10.6 Å². The van der Waals surface area contributed by atoms with Crippen LogP contribution in [0.5, 0.6) is 0 Å². The summed E-state index contributed by atoms with van der Waals surface area (Å²) < 4.78 is 0. The number of nitro benzene ring substituents is 1. The zero-order valence-electron chi connectivity index (χ0n) is 10.8. The predicted octanol–water partition coefficient (Wildman–Crippen LogP) is 5.20. The Bertz CT molecular complexity index is 753. The number of carbonyl (C=O) groups excluding carboxylic acids is 1. The largest absolute Gasteiger partial charge is 0.323 e. The molecule has 0 aliphatic rings. The smallest absolute Gasteiger partial charge is 0.308 e. The van der Waals surface area contributed by atoms with Crippen molar-refractivity contribution in [3.8, 4) is 0 Å². The van der Waals surface area contributed by atoms with Crippen molar-refractivity contribution in [3.63, 3.8) is 0 Å². The van der Waals surface area contributed by atoms with E-state index < -0.39 is 11.0 Å². The molecule has 114 valence electrons. The molecule has 0 aliphatic carbocycles. The van der Waals surface area contributed by atoms with Crippen molar-refractivity contribution in [2.24, 2.45) is 0 Å². The van der Waals surface area contributed by atoms with Gasteiger partial charge in [0.25, 0.3) is 5.69 Å². The summed E-state index contributed by atoms with van der Waals surface area (Å²) in [5, 5.41) is 16.3. The average Bonchev–Trinajstić information content (AvgIpc) is 2.45. The molecule has 0 spiro atoms. The van der Waals surface area contributed by atoms with Crippen LogP contribution < -0.4 is 10.6 Å². The number of anilines is 2. The van der Waals surface area contributed by atoms with E-state index in [-0.39, 0.29) is 16.4 Å². The minimum Gasteiger partial charge on any atom is -0.308 e. The number of carbonyl (C=O) groups is 1. The van der Waals surface area contributed by atoms with Gasteiger partial charge in [0.2, 0.25) is 0 Å². The molecule has 0 aromatic heterocycles. The zero-order chi connectivity index (χ0) is 16.3. The van der Waals surface area contributed by atoms with Gasteiger partial charge in [0, 0.05) is 17.8 Å². The molecule has 2 aromatic rings. The van der Waals surface area contributed by atoms with Crippen molar-refractivity contribution in [1.82, 2.24) is 0 Å². The van der Waals surface area contributed by atoms with Crippen LogP contribution >= 0.6 is 34.8 Å². The second-order valence-electron chi connectivity index (χ2n) is 4.13. The third-order valence-electron chi connectivity index (χ3n) is 2.59. The van der Waals surface area contributed by atoms with E-state index in [1.54, 1.807) is 12.1 Å². The fourth-order valence-electron chi connectivity index (χ4n) is 1.58. The molecule has 0 radical (unpaired) electrons. The van der Waals surface area contributed by atoms with Crippen molar-refractivity contribution in [2.45, 2.75) is 0 Å². The highest BCUT2D eigenvalue weighted by Crippen LogP contribution is 2.27. The quantitative estimate of drug-likeness (QED) is 0.583. The highest BCUT2D eigenvalue weighted by atomic mass is 35.5. The van der Waals surface area contributed by atoms with E-state index in [9.17, 15) is 14.9 Å². The summed E-state index contributed by atoms with van der Waals surface area (Å²) >= 11 is 17.5. The Kier molecular flexibility index (Phi) is 5.07. The molecule has 9 heteroatoms. The summed E-state index contributed by atoms with van der Waals surface area (Å²) in [5.41, 5.74) is 0.509. The first-order valence-corrected chi connectivity index (χ1v) is 6.97. The van der Waals surface area contributed by atoms with Gasteiger partial charge in [-0.3, -0.25) is 10.1 Å². The van der Waals surface area contributed by atoms with Crippen molar-refractivity contribution < 1.29 is 9.72 Å². The lowest BCUT2D eigenvalue weighted by atomic mass is 10.3. The molecule has 6 nitrogen and oxygen atoms in total. The highest BCUT2D eigenvalue weighted by molar-refractivity contribution is 6.42. The molecular weight excluding hydrogens is 353 g/mol. The Balaban J connectivity index is 2.08. The van der Waals surface area contributed by atoms with E-state index in [1.165, 1.54) is 18.2 Å². The van der Waals surface area contributed by atoms with Crippen LogP contribution in [0.1, 0.15) is 0 Å². The molecule has 22 heavy (non-hydrogen) atoms. The second-order valence-corrected chi connectivity index (χ2v) is 5.35. The monoisotopic (exact) mass is 359 g/mol. The summed E-state index contributed by atoms with van der Waals surface area (Å²) in [5.74, 6) is 0. The minimum atomic E-state index is -0.578. The number of non-ortho nitro benzene ring substituents is 1. The molecule has 2 N–H and O–H groups in total. The molecule has 0 unspecified atom stereocenters. The number of rotatable bonds is 3. The number of urea groups is 1. The predicted molar refractivity (Wildman–Crippen MR) is 87.2 cm³/mol. The van der Waals surface area contributed by atoms with Crippen LogP contribution in [-0.4, -0.2) is 11.0 Å². The van der Waals surface area contributed by atoms with Crippen molar-refractivity contribution >= 4 is 57.9 Å². The first-order valence-electron chi connectivity index (χ1n) is 5.84. The maximum Gasteiger partial charge on any atom is 0.323 e. The number of benzene rings is 2. The second kappa shape index (κ2) is 6.83. The van der Waals surface area contributed by atoms with Crippen molar-refractivity contribution in [3.05, 3.63) is 61.6 Å². The number of hydrogen-bond acceptors (Lipinski definition) is 3. The van der Waals surface area contributed by atoms with Gasteiger partial charge in [-0.05, 0) is 24.3 Å². The van der Waals surface area contributed by atoms with Crippen LogP contribution in [-0.2, 0) is 0 Å². The van der Waals surface area contributed by atoms with Crippen LogP contribution in [0.3, 0.4) is 0 Å². The number of halogens is 3. The average molecular weight is 361 g/mol.